The number of hydrogen-bond donors (Lipinski definition) is 1. The smallest absolute Gasteiger partial charge is 0.317 e. The molecule has 3 heterocycles. The van der Waals surface area contributed by atoms with Crippen LogP contribution in [0, 0.1) is 0 Å². The van der Waals surface area contributed by atoms with Gasteiger partial charge in [-0.1, -0.05) is 18.2 Å². The van der Waals surface area contributed by atoms with Crippen molar-refractivity contribution in [3.63, 3.8) is 0 Å². The van der Waals surface area contributed by atoms with Crippen LogP contribution in [0.1, 0.15) is 30.1 Å². The van der Waals surface area contributed by atoms with Crippen LogP contribution in [0.3, 0.4) is 0 Å². The van der Waals surface area contributed by atoms with Crippen molar-refractivity contribution in [3.05, 3.63) is 42.0 Å². The van der Waals surface area contributed by atoms with Gasteiger partial charge in [-0.05, 0) is 24.5 Å². The molecular formula is C18H23N5O2. The molecule has 25 heavy (non-hydrogen) atoms. The molecule has 2 amide bonds. The van der Waals surface area contributed by atoms with E-state index in [0.29, 0.717) is 13.1 Å². The fraction of sp³-hybridized carbons (Fsp3) is 0.500. The Hall–Kier alpha value is -2.57. The number of para-hydroxylation sites is 1. The molecule has 2 aliphatic heterocycles. The van der Waals surface area contributed by atoms with E-state index in [9.17, 15) is 4.79 Å². The number of urea groups is 1. The van der Waals surface area contributed by atoms with Crippen molar-refractivity contribution < 1.29 is 9.53 Å². The van der Waals surface area contributed by atoms with E-state index in [2.05, 4.69) is 21.6 Å². The zero-order chi connectivity index (χ0) is 17.2. The number of ether oxygens (including phenoxy) is 1. The molecule has 4 rings (SSSR count). The SMILES string of the molecule is Cn1cnnc1[C@H]1CCCN(C(=O)NC[C@H]2Cc3ccccc3O2)C1. The first-order chi connectivity index (χ1) is 12.2. The standard InChI is InChI=1S/C18H23N5O2/c1-22-12-20-21-17(22)14-6-4-8-23(11-14)18(24)19-10-15-9-13-5-2-3-7-16(13)25-15/h2-3,5,7,12,14-15H,4,6,8-11H2,1H3,(H,19,24)/t14-,15+/m0/s1. The Morgan fingerprint density at radius 3 is 3.08 bits per heavy atom. The van der Waals surface area contributed by atoms with Crippen molar-refractivity contribution in [3.8, 4) is 5.75 Å². The van der Waals surface area contributed by atoms with Crippen molar-refractivity contribution >= 4 is 6.03 Å². The number of nitrogens with one attached hydrogen (secondary N) is 1. The summed E-state index contributed by atoms with van der Waals surface area (Å²) in [7, 11) is 1.95. The molecule has 1 aromatic carbocycles. The summed E-state index contributed by atoms with van der Waals surface area (Å²) in [6.45, 7) is 1.99. The third kappa shape index (κ3) is 3.31. The second-order valence-electron chi connectivity index (χ2n) is 6.82. The van der Waals surface area contributed by atoms with Crippen molar-refractivity contribution in [2.24, 2.45) is 7.05 Å². The maximum atomic E-state index is 12.5. The lowest BCUT2D eigenvalue weighted by atomic mass is 9.97. The highest BCUT2D eigenvalue weighted by Crippen LogP contribution is 2.28. The number of nitrogens with zero attached hydrogens (tertiary/aromatic N) is 4. The predicted octanol–water partition coefficient (Wildman–Crippen LogP) is 1.71. The molecule has 1 saturated heterocycles. The van der Waals surface area contributed by atoms with Gasteiger partial charge in [-0.3, -0.25) is 0 Å². The zero-order valence-corrected chi connectivity index (χ0v) is 14.4. The van der Waals surface area contributed by atoms with E-state index in [1.165, 1.54) is 5.56 Å². The average Bonchev–Trinajstić information content (AvgIpc) is 3.25. The Labute approximate surface area is 147 Å². The molecule has 1 N–H and O–H groups in total. The lowest BCUT2D eigenvalue weighted by molar-refractivity contribution is 0.168. The maximum Gasteiger partial charge on any atom is 0.317 e. The number of likely N-dealkylation sites (tertiary alicyclic amines) is 1. The summed E-state index contributed by atoms with van der Waals surface area (Å²) >= 11 is 0. The minimum absolute atomic E-state index is 0.0145. The number of aromatic nitrogens is 3. The topological polar surface area (TPSA) is 72.3 Å². The summed E-state index contributed by atoms with van der Waals surface area (Å²) in [4.78, 5) is 14.4. The van der Waals surface area contributed by atoms with Crippen LogP contribution < -0.4 is 10.1 Å². The Morgan fingerprint density at radius 1 is 1.40 bits per heavy atom. The minimum Gasteiger partial charge on any atom is -0.488 e. The van der Waals surface area contributed by atoms with Crippen molar-refractivity contribution in [2.75, 3.05) is 19.6 Å². The number of amides is 2. The molecule has 7 heteroatoms. The highest BCUT2D eigenvalue weighted by Gasteiger charge is 2.28. The second-order valence-corrected chi connectivity index (χ2v) is 6.82. The highest BCUT2D eigenvalue weighted by atomic mass is 16.5. The lowest BCUT2D eigenvalue weighted by Crippen LogP contribution is -2.47. The maximum absolute atomic E-state index is 12.5. The highest BCUT2D eigenvalue weighted by molar-refractivity contribution is 5.74. The van der Waals surface area contributed by atoms with Crippen LogP contribution in [-0.2, 0) is 13.5 Å². The molecule has 2 aliphatic rings. The lowest BCUT2D eigenvalue weighted by Gasteiger charge is -2.32. The van der Waals surface area contributed by atoms with E-state index in [1.54, 1.807) is 6.33 Å². The van der Waals surface area contributed by atoms with E-state index in [0.717, 1.165) is 37.4 Å². The molecule has 0 unspecified atom stereocenters. The van der Waals surface area contributed by atoms with Gasteiger partial charge >= 0.3 is 6.03 Å². The number of piperidine rings is 1. The first-order valence-corrected chi connectivity index (χ1v) is 8.82. The van der Waals surface area contributed by atoms with Gasteiger partial charge in [-0.15, -0.1) is 10.2 Å². The summed E-state index contributed by atoms with van der Waals surface area (Å²) in [6, 6.07) is 8.02. The number of carbonyl (C=O) groups is 1. The number of rotatable bonds is 3. The number of aryl methyl sites for hydroxylation is 1. The van der Waals surface area contributed by atoms with Crippen LogP contribution in [0.25, 0.3) is 0 Å². The van der Waals surface area contributed by atoms with Crippen LogP contribution in [0.15, 0.2) is 30.6 Å². The Kier molecular flexibility index (Phi) is 4.29. The first kappa shape index (κ1) is 15.9. The zero-order valence-electron chi connectivity index (χ0n) is 14.4. The second kappa shape index (κ2) is 6.74. The molecule has 0 radical (unpaired) electrons. The van der Waals surface area contributed by atoms with Crippen LogP contribution in [0.5, 0.6) is 5.75 Å². The molecule has 0 saturated carbocycles. The molecule has 132 valence electrons. The van der Waals surface area contributed by atoms with E-state index in [4.69, 9.17) is 4.74 Å². The van der Waals surface area contributed by atoms with Gasteiger partial charge in [0.15, 0.2) is 0 Å². The minimum atomic E-state index is -0.0218. The number of benzene rings is 1. The third-order valence-corrected chi connectivity index (χ3v) is 5.01. The molecule has 1 fully saturated rings. The Bertz CT molecular complexity index is 734. The van der Waals surface area contributed by atoms with E-state index in [1.807, 2.05) is 34.7 Å². The molecule has 1 aromatic heterocycles. The number of hydrogen-bond acceptors (Lipinski definition) is 4. The normalized spacial score (nSPS) is 22.4. The largest absolute Gasteiger partial charge is 0.488 e. The van der Waals surface area contributed by atoms with Crippen LogP contribution in [-0.4, -0.2) is 51.4 Å². The fourth-order valence-electron chi connectivity index (χ4n) is 3.71. The third-order valence-electron chi connectivity index (χ3n) is 5.01. The Morgan fingerprint density at radius 2 is 2.28 bits per heavy atom. The quantitative estimate of drug-likeness (QED) is 0.922. The predicted molar refractivity (Wildman–Crippen MR) is 92.5 cm³/mol. The van der Waals surface area contributed by atoms with Crippen molar-refractivity contribution in [1.29, 1.82) is 0 Å². The average molecular weight is 341 g/mol. The number of carbonyl (C=O) groups excluding carboxylic acids is 1. The monoisotopic (exact) mass is 341 g/mol. The number of fused-ring (bicyclic) bond motifs is 1. The molecule has 0 spiro atoms. The summed E-state index contributed by atoms with van der Waals surface area (Å²) < 4.78 is 7.83. The molecule has 2 atom stereocenters. The van der Waals surface area contributed by atoms with Crippen molar-refractivity contribution in [1.82, 2.24) is 25.0 Å². The van der Waals surface area contributed by atoms with Gasteiger partial charge in [0.05, 0.1) is 6.54 Å². The van der Waals surface area contributed by atoms with Gasteiger partial charge in [0.2, 0.25) is 0 Å². The Balaban J connectivity index is 1.30. The van der Waals surface area contributed by atoms with Gasteiger partial charge < -0.3 is 19.5 Å². The van der Waals surface area contributed by atoms with Gasteiger partial charge in [0.25, 0.3) is 0 Å². The summed E-state index contributed by atoms with van der Waals surface area (Å²) in [5.41, 5.74) is 1.21. The summed E-state index contributed by atoms with van der Waals surface area (Å²) in [5.74, 6) is 2.13. The summed E-state index contributed by atoms with van der Waals surface area (Å²) in [6.07, 6.45) is 4.59. The van der Waals surface area contributed by atoms with Gasteiger partial charge in [0, 0.05) is 32.5 Å². The molecular weight excluding hydrogens is 318 g/mol. The molecule has 0 bridgehead atoms. The molecule has 0 aliphatic carbocycles. The van der Waals surface area contributed by atoms with Gasteiger partial charge in [-0.2, -0.15) is 0 Å². The van der Waals surface area contributed by atoms with Crippen LogP contribution >= 0.6 is 0 Å². The molecule has 7 nitrogen and oxygen atoms in total. The van der Waals surface area contributed by atoms with E-state index < -0.39 is 0 Å². The van der Waals surface area contributed by atoms with E-state index in [-0.39, 0.29) is 18.1 Å². The van der Waals surface area contributed by atoms with Crippen LogP contribution in [0.2, 0.25) is 0 Å². The molecule has 2 aromatic rings. The van der Waals surface area contributed by atoms with Gasteiger partial charge in [0.1, 0.15) is 24.0 Å². The van der Waals surface area contributed by atoms with Gasteiger partial charge in [-0.25, -0.2) is 4.79 Å². The first-order valence-electron chi connectivity index (χ1n) is 8.82. The summed E-state index contributed by atoms with van der Waals surface area (Å²) in [5, 5.41) is 11.2. The van der Waals surface area contributed by atoms with E-state index >= 15 is 0 Å². The fourth-order valence-corrected chi connectivity index (χ4v) is 3.71. The van der Waals surface area contributed by atoms with Crippen molar-refractivity contribution in [2.45, 2.75) is 31.3 Å². The van der Waals surface area contributed by atoms with Crippen LogP contribution in [0.4, 0.5) is 4.79 Å².